The maximum Gasteiger partial charge on any atom is 0.221 e. The lowest BCUT2D eigenvalue weighted by atomic mass is 9.90. The number of Topliss-reactive ketones (excluding diaryl/α,β-unsaturated/α-hetero) is 1. The number of carbonyl (C=O) groups is 3. The molecule has 0 aliphatic rings. The minimum atomic E-state index is -1.04. The Morgan fingerprint density at radius 3 is 2.30 bits per heavy atom. The molecule has 9 heteroatoms. The predicted molar refractivity (Wildman–Crippen MR) is 175 cm³/mol. The Labute approximate surface area is 267 Å². The van der Waals surface area contributed by atoms with Gasteiger partial charge in [0.25, 0.3) is 0 Å². The molecule has 3 aromatic rings. The zero-order valence-corrected chi connectivity index (χ0v) is 28.2. The molecule has 2 unspecified atom stereocenters. The van der Waals surface area contributed by atoms with E-state index in [1.807, 2.05) is 26.0 Å². The maximum absolute atomic E-state index is 14.4. The van der Waals surface area contributed by atoms with Crippen molar-refractivity contribution in [3.8, 4) is 5.75 Å². The molecule has 43 heavy (non-hydrogen) atoms. The molecule has 0 saturated heterocycles. The molecule has 0 spiro atoms. The summed E-state index contributed by atoms with van der Waals surface area (Å²) >= 11 is 9.68. The molecule has 0 bridgehead atoms. The molecule has 0 saturated carbocycles. The second-order valence-corrected chi connectivity index (χ2v) is 12.2. The molecule has 3 aromatic carbocycles. The standard InChI is InChI=1S/C31H33BrClFN2O4.C3H8/c1-6-20(26-14-21(32)8-12-28(26)40-31(4,5)19(3)38)13-29(39)36-30(25-16-23(34)10-7-18(25)2)24-11-9-22(33)15-27(24)35-17-37;1-3-2/h7-12,14-17,20,30H,6,13H2,1-5H3,(H,35,37)(H,36,39);3H2,1-2H3. The average molecular weight is 676 g/mol. The monoisotopic (exact) mass is 674 g/mol. The van der Waals surface area contributed by atoms with Crippen molar-refractivity contribution in [1.82, 2.24) is 5.32 Å². The van der Waals surface area contributed by atoms with Crippen LogP contribution in [0.25, 0.3) is 0 Å². The van der Waals surface area contributed by atoms with Crippen molar-refractivity contribution in [3.05, 3.63) is 92.2 Å². The molecule has 0 radical (unpaired) electrons. The third-order valence-corrected chi connectivity index (χ3v) is 7.68. The van der Waals surface area contributed by atoms with Crippen LogP contribution in [0.5, 0.6) is 5.75 Å². The third kappa shape index (κ3) is 10.2. The van der Waals surface area contributed by atoms with Crippen LogP contribution in [0.4, 0.5) is 10.1 Å². The first-order chi connectivity index (χ1) is 20.3. The number of amides is 2. The lowest BCUT2D eigenvalue weighted by Gasteiger charge is -2.28. The lowest BCUT2D eigenvalue weighted by molar-refractivity contribution is -0.129. The highest BCUT2D eigenvalue weighted by atomic mass is 79.9. The van der Waals surface area contributed by atoms with Gasteiger partial charge < -0.3 is 15.4 Å². The van der Waals surface area contributed by atoms with Gasteiger partial charge in [-0.2, -0.15) is 0 Å². The van der Waals surface area contributed by atoms with E-state index < -0.39 is 17.5 Å². The fourth-order valence-electron chi connectivity index (χ4n) is 4.41. The quantitative estimate of drug-likeness (QED) is 0.188. The zero-order valence-electron chi connectivity index (χ0n) is 25.8. The van der Waals surface area contributed by atoms with E-state index in [-0.39, 0.29) is 24.0 Å². The summed E-state index contributed by atoms with van der Waals surface area (Å²) in [6.45, 7) is 12.9. The van der Waals surface area contributed by atoms with Crippen molar-refractivity contribution < 1.29 is 23.5 Å². The Bertz CT molecular complexity index is 1430. The van der Waals surface area contributed by atoms with Crippen LogP contribution in [0.15, 0.2) is 59.1 Å². The molecule has 232 valence electrons. The fourth-order valence-corrected chi connectivity index (χ4v) is 4.96. The zero-order chi connectivity index (χ0) is 32.3. The van der Waals surface area contributed by atoms with Gasteiger partial charge in [0, 0.05) is 27.2 Å². The third-order valence-electron chi connectivity index (χ3n) is 6.95. The highest BCUT2D eigenvalue weighted by molar-refractivity contribution is 9.10. The molecule has 0 aliphatic carbocycles. The maximum atomic E-state index is 14.4. The summed E-state index contributed by atoms with van der Waals surface area (Å²) in [4.78, 5) is 37.1. The summed E-state index contributed by atoms with van der Waals surface area (Å²) in [7, 11) is 0. The molecule has 2 N–H and O–H groups in total. The van der Waals surface area contributed by atoms with Gasteiger partial charge in [-0.05, 0) is 99.2 Å². The number of halogens is 3. The van der Waals surface area contributed by atoms with Crippen LogP contribution in [-0.2, 0) is 14.4 Å². The van der Waals surface area contributed by atoms with Crippen molar-refractivity contribution >= 4 is 51.3 Å². The Hall–Kier alpha value is -3.23. The largest absolute Gasteiger partial charge is 0.480 e. The van der Waals surface area contributed by atoms with Crippen molar-refractivity contribution in [1.29, 1.82) is 0 Å². The minimum absolute atomic E-state index is 0.0959. The second kappa shape index (κ2) is 16.6. The summed E-state index contributed by atoms with van der Waals surface area (Å²) in [6, 6.07) is 14.0. The van der Waals surface area contributed by atoms with E-state index in [2.05, 4.69) is 40.4 Å². The Balaban J connectivity index is 0.00000206. The first-order valence-corrected chi connectivity index (χ1v) is 15.5. The highest BCUT2D eigenvalue weighted by Crippen LogP contribution is 2.37. The van der Waals surface area contributed by atoms with E-state index in [4.69, 9.17) is 16.3 Å². The van der Waals surface area contributed by atoms with E-state index in [0.717, 1.165) is 15.6 Å². The van der Waals surface area contributed by atoms with Gasteiger partial charge in [0.05, 0.1) is 6.04 Å². The van der Waals surface area contributed by atoms with Gasteiger partial charge in [0.2, 0.25) is 12.3 Å². The van der Waals surface area contributed by atoms with Gasteiger partial charge >= 0.3 is 0 Å². The van der Waals surface area contributed by atoms with Crippen LogP contribution < -0.4 is 15.4 Å². The molecule has 0 aromatic heterocycles. The first kappa shape index (κ1) is 36.0. The summed E-state index contributed by atoms with van der Waals surface area (Å²) in [5.74, 6) is -0.584. The average Bonchev–Trinajstić information content (AvgIpc) is 2.94. The first-order valence-electron chi connectivity index (χ1n) is 14.3. The van der Waals surface area contributed by atoms with Crippen molar-refractivity contribution in [2.75, 3.05) is 5.32 Å². The van der Waals surface area contributed by atoms with E-state index in [9.17, 15) is 18.8 Å². The van der Waals surface area contributed by atoms with Crippen LogP contribution in [-0.4, -0.2) is 23.7 Å². The van der Waals surface area contributed by atoms with E-state index in [1.165, 1.54) is 25.5 Å². The smallest absolute Gasteiger partial charge is 0.221 e. The summed E-state index contributed by atoms with van der Waals surface area (Å²) in [6.07, 6.45) is 2.49. The van der Waals surface area contributed by atoms with Gasteiger partial charge in [-0.25, -0.2) is 4.39 Å². The number of hydrogen-bond acceptors (Lipinski definition) is 4. The number of carbonyl (C=O) groups excluding carboxylic acids is 3. The van der Waals surface area contributed by atoms with Gasteiger partial charge in [-0.15, -0.1) is 0 Å². The molecular formula is C34H41BrClFN2O4. The minimum Gasteiger partial charge on any atom is -0.480 e. The van der Waals surface area contributed by atoms with Crippen molar-refractivity contribution in [3.63, 3.8) is 0 Å². The SMILES string of the molecule is CCC.CCC(CC(=O)NC(c1cc(F)ccc1C)c1ccc(Cl)cc1NC=O)c1cc(Br)ccc1OC(C)(C)C(C)=O. The van der Waals surface area contributed by atoms with Crippen molar-refractivity contribution in [2.24, 2.45) is 0 Å². The van der Waals surface area contributed by atoms with Gasteiger partial charge in [0.1, 0.15) is 11.6 Å². The topological polar surface area (TPSA) is 84.5 Å². The van der Waals surface area contributed by atoms with Gasteiger partial charge in [-0.1, -0.05) is 66.9 Å². The van der Waals surface area contributed by atoms with E-state index in [1.54, 1.807) is 44.2 Å². The number of anilines is 1. The number of hydrogen-bond donors (Lipinski definition) is 2. The highest BCUT2D eigenvalue weighted by Gasteiger charge is 2.29. The van der Waals surface area contributed by atoms with Crippen LogP contribution in [0.3, 0.4) is 0 Å². The number of rotatable bonds is 12. The Kier molecular flexibility index (Phi) is 13.9. The normalized spacial score (nSPS) is 12.3. The number of ether oxygens (including phenoxy) is 1. The molecule has 2 amide bonds. The molecule has 0 heterocycles. The molecule has 0 fully saturated rings. The number of nitrogens with one attached hydrogen (secondary N) is 2. The van der Waals surface area contributed by atoms with E-state index >= 15 is 0 Å². The summed E-state index contributed by atoms with van der Waals surface area (Å²) < 4.78 is 21.3. The molecule has 6 nitrogen and oxygen atoms in total. The molecular weight excluding hydrogens is 635 g/mol. The van der Waals surface area contributed by atoms with Crippen LogP contribution in [0.1, 0.15) is 95.0 Å². The Morgan fingerprint density at radius 1 is 1.02 bits per heavy atom. The van der Waals surface area contributed by atoms with Gasteiger partial charge in [-0.3, -0.25) is 14.4 Å². The second-order valence-electron chi connectivity index (χ2n) is 10.9. The van der Waals surface area contributed by atoms with Crippen LogP contribution >= 0.6 is 27.5 Å². The van der Waals surface area contributed by atoms with Gasteiger partial charge in [0.15, 0.2) is 11.4 Å². The van der Waals surface area contributed by atoms with E-state index in [0.29, 0.717) is 40.4 Å². The summed E-state index contributed by atoms with van der Waals surface area (Å²) in [5, 5.41) is 6.10. The van der Waals surface area contributed by atoms with Crippen molar-refractivity contribution in [2.45, 2.75) is 85.3 Å². The number of benzene rings is 3. The van der Waals surface area contributed by atoms with Crippen LogP contribution in [0, 0.1) is 12.7 Å². The molecule has 2 atom stereocenters. The predicted octanol–water partition coefficient (Wildman–Crippen LogP) is 9.07. The lowest BCUT2D eigenvalue weighted by Crippen LogP contribution is -2.36. The Morgan fingerprint density at radius 2 is 1.70 bits per heavy atom. The molecule has 0 aliphatic heterocycles. The number of ketones is 1. The fraction of sp³-hybridized carbons (Fsp3) is 0.382. The summed E-state index contributed by atoms with van der Waals surface area (Å²) in [5.41, 5.74) is 2.01. The van der Waals surface area contributed by atoms with Crippen LogP contribution in [0.2, 0.25) is 5.02 Å². The molecule has 3 rings (SSSR count). The number of aryl methyl sites for hydroxylation is 1.